The molecule has 1 aromatic heterocycles. The van der Waals surface area contributed by atoms with E-state index in [9.17, 15) is 0 Å². The lowest BCUT2D eigenvalue weighted by Crippen LogP contribution is -2.34. The van der Waals surface area contributed by atoms with E-state index in [1.165, 1.54) is 32.1 Å². The second-order valence-electron chi connectivity index (χ2n) is 5.98. The highest BCUT2D eigenvalue weighted by Crippen LogP contribution is 2.21. The zero-order chi connectivity index (χ0) is 14.4. The Bertz CT molecular complexity index is 413. The first-order valence-electron chi connectivity index (χ1n) is 7.91. The molecule has 0 saturated heterocycles. The van der Waals surface area contributed by atoms with Crippen LogP contribution in [0.3, 0.4) is 0 Å². The first kappa shape index (κ1) is 15.2. The molecule has 1 heterocycles. The molecule has 4 nitrogen and oxygen atoms in total. The molecule has 2 rings (SSSR count). The van der Waals surface area contributed by atoms with Crippen molar-refractivity contribution in [3.8, 4) is 0 Å². The lowest BCUT2D eigenvalue weighted by Gasteiger charge is -2.31. The number of hydrogen-bond donors (Lipinski definition) is 1. The molecule has 0 unspecified atom stereocenters. The van der Waals surface area contributed by atoms with Crippen LogP contribution in [0.2, 0.25) is 0 Å². The van der Waals surface area contributed by atoms with E-state index < -0.39 is 0 Å². The van der Waals surface area contributed by atoms with E-state index in [-0.39, 0.29) is 0 Å². The van der Waals surface area contributed by atoms with Crippen molar-refractivity contribution in [2.45, 2.75) is 58.4 Å². The van der Waals surface area contributed by atoms with Gasteiger partial charge in [0.25, 0.3) is 0 Å². The Labute approximate surface area is 123 Å². The van der Waals surface area contributed by atoms with Gasteiger partial charge in [-0.15, -0.1) is 0 Å². The number of nitrogens with one attached hydrogen (secondary N) is 1. The Morgan fingerprint density at radius 3 is 2.65 bits per heavy atom. The average Bonchev–Trinajstić information content (AvgIpc) is 2.48. The standard InChI is InChI=1S/C16H28N4/c1-13-14(2)19-16(12-18-13)17-10-7-11-20(3)15-8-5-4-6-9-15/h12,15H,4-11H2,1-3H3,(H,17,19). The molecule has 0 aliphatic heterocycles. The van der Waals surface area contributed by atoms with E-state index in [0.29, 0.717) is 0 Å². The van der Waals surface area contributed by atoms with Gasteiger partial charge in [-0.1, -0.05) is 19.3 Å². The fraction of sp³-hybridized carbons (Fsp3) is 0.750. The Hall–Kier alpha value is -1.16. The van der Waals surface area contributed by atoms with Gasteiger partial charge in [0.15, 0.2) is 0 Å². The van der Waals surface area contributed by atoms with Crippen LogP contribution in [0.25, 0.3) is 0 Å². The molecule has 1 fully saturated rings. The van der Waals surface area contributed by atoms with Crippen LogP contribution in [0.15, 0.2) is 6.20 Å². The molecule has 1 saturated carbocycles. The van der Waals surface area contributed by atoms with E-state index in [4.69, 9.17) is 0 Å². The monoisotopic (exact) mass is 276 g/mol. The molecule has 1 aliphatic rings. The first-order valence-corrected chi connectivity index (χ1v) is 7.91. The molecule has 20 heavy (non-hydrogen) atoms. The topological polar surface area (TPSA) is 41.1 Å². The minimum absolute atomic E-state index is 0.810. The Balaban J connectivity index is 1.66. The second-order valence-corrected chi connectivity index (χ2v) is 5.98. The fourth-order valence-corrected chi connectivity index (χ4v) is 2.88. The molecule has 1 aromatic rings. The van der Waals surface area contributed by atoms with Gasteiger partial charge in [0.2, 0.25) is 0 Å². The van der Waals surface area contributed by atoms with E-state index >= 15 is 0 Å². The molecule has 0 spiro atoms. The molecular formula is C16H28N4. The molecule has 112 valence electrons. The van der Waals surface area contributed by atoms with Crippen molar-refractivity contribution in [2.75, 3.05) is 25.5 Å². The van der Waals surface area contributed by atoms with Crippen LogP contribution < -0.4 is 5.32 Å². The van der Waals surface area contributed by atoms with Gasteiger partial charge in [0.05, 0.1) is 17.6 Å². The second kappa shape index (κ2) is 7.58. The van der Waals surface area contributed by atoms with E-state index in [1.807, 2.05) is 20.0 Å². The molecule has 0 aromatic carbocycles. The fourth-order valence-electron chi connectivity index (χ4n) is 2.88. The predicted octanol–water partition coefficient (Wildman–Crippen LogP) is 3.16. The summed E-state index contributed by atoms with van der Waals surface area (Å²) in [5.74, 6) is 0.897. The SMILES string of the molecule is Cc1ncc(NCCCN(C)C2CCCCC2)nc1C. The van der Waals surface area contributed by atoms with Crippen molar-refractivity contribution in [2.24, 2.45) is 0 Å². The van der Waals surface area contributed by atoms with Gasteiger partial charge in [0.1, 0.15) is 5.82 Å². The van der Waals surface area contributed by atoms with Crippen molar-refractivity contribution in [3.05, 3.63) is 17.6 Å². The van der Waals surface area contributed by atoms with Crippen molar-refractivity contribution in [1.82, 2.24) is 14.9 Å². The number of aryl methyl sites for hydroxylation is 2. The highest BCUT2D eigenvalue weighted by molar-refractivity contribution is 5.33. The molecule has 4 heteroatoms. The Kier molecular flexibility index (Phi) is 5.77. The van der Waals surface area contributed by atoms with Gasteiger partial charge < -0.3 is 10.2 Å². The van der Waals surface area contributed by atoms with Crippen molar-refractivity contribution >= 4 is 5.82 Å². The molecule has 0 amide bonds. The van der Waals surface area contributed by atoms with E-state index in [1.54, 1.807) is 0 Å². The number of rotatable bonds is 6. The highest BCUT2D eigenvalue weighted by Gasteiger charge is 2.17. The summed E-state index contributed by atoms with van der Waals surface area (Å²) in [5, 5.41) is 3.37. The minimum Gasteiger partial charge on any atom is -0.369 e. The smallest absolute Gasteiger partial charge is 0.144 e. The summed E-state index contributed by atoms with van der Waals surface area (Å²) in [7, 11) is 2.27. The zero-order valence-corrected chi connectivity index (χ0v) is 13.2. The molecule has 1 aliphatic carbocycles. The molecule has 0 atom stereocenters. The third kappa shape index (κ3) is 4.44. The number of anilines is 1. The summed E-state index contributed by atoms with van der Waals surface area (Å²) in [6.07, 6.45) is 9.99. The lowest BCUT2D eigenvalue weighted by molar-refractivity contribution is 0.191. The predicted molar refractivity (Wildman–Crippen MR) is 84.1 cm³/mol. The molecular weight excluding hydrogens is 248 g/mol. The van der Waals surface area contributed by atoms with Gasteiger partial charge in [-0.05, 0) is 46.7 Å². The maximum Gasteiger partial charge on any atom is 0.144 e. The van der Waals surface area contributed by atoms with Gasteiger partial charge in [0, 0.05) is 12.6 Å². The van der Waals surface area contributed by atoms with Crippen LogP contribution in [0.5, 0.6) is 0 Å². The number of aromatic nitrogens is 2. The normalized spacial score (nSPS) is 16.6. The highest BCUT2D eigenvalue weighted by atomic mass is 15.1. The summed E-state index contributed by atoms with van der Waals surface area (Å²) < 4.78 is 0. The Morgan fingerprint density at radius 1 is 1.20 bits per heavy atom. The third-order valence-corrected chi connectivity index (χ3v) is 4.38. The van der Waals surface area contributed by atoms with Crippen molar-refractivity contribution in [1.29, 1.82) is 0 Å². The third-order valence-electron chi connectivity index (χ3n) is 4.38. The first-order chi connectivity index (χ1) is 9.66. The molecule has 0 radical (unpaired) electrons. The van der Waals surface area contributed by atoms with E-state index in [0.717, 1.165) is 42.8 Å². The average molecular weight is 276 g/mol. The van der Waals surface area contributed by atoms with Crippen LogP contribution in [-0.2, 0) is 0 Å². The van der Waals surface area contributed by atoms with Crippen LogP contribution >= 0.6 is 0 Å². The van der Waals surface area contributed by atoms with Crippen LogP contribution in [0, 0.1) is 13.8 Å². The maximum atomic E-state index is 4.49. The van der Waals surface area contributed by atoms with E-state index in [2.05, 4.69) is 27.2 Å². The Morgan fingerprint density at radius 2 is 1.95 bits per heavy atom. The lowest BCUT2D eigenvalue weighted by atomic mass is 9.94. The summed E-state index contributed by atoms with van der Waals surface area (Å²) >= 11 is 0. The zero-order valence-electron chi connectivity index (χ0n) is 13.2. The van der Waals surface area contributed by atoms with Gasteiger partial charge in [-0.25, -0.2) is 4.98 Å². The van der Waals surface area contributed by atoms with Gasteiger partial charge in [-0.2, -0.15) is 0 Å². The summed E-state index contributed by atoms with van der Waals surface area (Å²) in [6, 6.07) is 0.810. The quantitative estimate of drug-likeness (QED) is 0.810. The summed E-state index contributed by atoms with van der Waals surface area (Å²) in [4.78, 5) is 11.4. The molecule has 1 N–H and O–H groups in total. The van der Waals surface area contributed by atoms with Crippen LogP contribution in [0.4, 0.5) is 5.82 Å². The van der Waals surface area contributed by atoms with Crippen LogP contribution in [-0.4, -0.2) is 41.0 Å². The maximum absolute atomic E-state index is 4.49. The molecule has 0 bridgehead atoms. The van der Waals surface area contributed by atoms with Crippen LogP contribution in [0.1, 0.15) is 49.9 Å². The minimum atomic E-state index is 0.810. The van der Waals surface area contributed by atoms with Crippen molar-refractivity contribution < 1.29 is 0 Å². The largest absolute Gasteiger partial charge is 0.369 e. The summed E-state index contributed by atoms with van der Waals surface area (Å²) in [5.41, 5.74) is 2.02. The number of hydrogen-bond acceptors (Lipinski definition) is 4. The summed E-state index contributed by atoms with van der Waals surface area (Å²) in [6.45, 7) is 6.12. The van der Waals surface area contributed by atoms with Gasteiger partial charge >= 0.3 is 0 Å². The van der Waals surface area contributed by atoms with Gasteiger partial charge in [-0.3, -0.25) is 4.98 Å². The van der Waals surface area contributed by atoms with Crippen molar-refractivity contribution in [3.63, 3.8) is 0 Å². The number of nitrogens with zero attached hydrogens (tertiary/aromatic N) is 3.